The third-order valence-corrected chi connectivity index (χ3v) is 0.950. The molecule has 0 amide bonds. The molecule has 0 aromatic carbocycles. The number of rotatable bonds is 1. The standard InChI is InChI=1S/C6H8N2.2HO3P/c1-7-6-3-2-4-8-5-6;2*1-4(2)3/h2-5,7H,1H3;2*(H-,1,2,3)/p+2. The minimum Gasteiger partial charge on any atom is -0.387 e. The Bertz CT molecular complexity index is 289. The Morgan fingerprint density at radius 1 is 1.19 bits per heavy atom. The molecular formula is C6H12N2O6P2+2. The van der Waals surface area contributed by atoms with Gasteiger partial charge in [0.05, 0.1) is 5.69 Å². The molecule has 0 atom stereocenters. The summed E-state index contributed by atoms with van der Waals surface area (Å²) in [6, 6.07) is 3.86. The van der Waals surface area contributed by atoms with Gasteiger partial charge in [0.2, 0.25) is 0 Å². The fourth-order valence-electron chi connectivity index (χ4n) is 0.511. The highest BCUT2D eigenvalue weighted by Gasteiger charge is 1.93. The molecular weight excluding hydrogens is 258 g/mol. The van der Waals surface area contributed by atoms with E-state index in [4.69, 9.17) is 28.7 Å². The van der Waals surface area contributed by atoms with E-state index in [1.165, 1.54) is 0 Å². The summed E-state index contributed by atoms with van der Waals surface area (Å²) in [5.41, 5.74) is 1.05. The molecule has 1 rings (SSSR count). The second-order valence-corrected chi connectivity index (χ2v) is 3.01. The van der Waals surface area contributed by atoms with Crippen molar-refractivity contribution in [3.8, 4) is 0 Å². The average molecular weight is 270 g/mol. The van der Waals surface area contributed by atoms with Crippen molar-refractivity contribution >= 4 is 22.2 Å². The Morgan fingerprint density at radius 3 is 1.81 bits per heavy atom. The molecule has 1 aromatic rings. The number of pyridine rings is 1. The fourth-order valence-corrected chi connectivity index (χ4v) is 0.511. The van der Waals surface area contributed by atoms with E-state index in [9.17, 15) is 0 Å². The second kappa shape index (κ2) is 12.1. The molecule has 0 saturated carbocycles. The van der Waals surface area contributed by atoms with Gasteiger partial charge in [-0.1, -0.05) is 0 Å². The number of hydrogen-bond donors (Lipinski definition) is 5. The van der Waals surface area contributed by atoms with Crippen LogP contribution in [0.3, 0.4) is 0 Å². The first kappa shape index (κ1) is 17.4. The Morgan fingerprint density at radius 2 is 1.62 bits per heavy atom. The number of nitrogens with one attached hydrogen (secondary N) is 1. The summed E-state index contributed by atoms with van der Waals surface area (Å²) in [7, 11) is -3.87. The van der Waals surface area contributed by atoms with E-state index in [0.29, 0.717) is 0 Å². The van der Waals surface area contributed by atoms with Crippen LogP contribution >= 0.6 is 16.5 Å². The maximum absolute atomic E-state index is 8.70. The number of hydrogen-bond acceptors (Lipinski definition) is 4. The Balaban J connectivity index is 0. The molecule has 0 saturated heterocycles. The minimum atomic E-state index is -2.87. The fraction of sp³-hybridized carbons (Fsp3) is 0.167. The van der Waals surface area contributed by atoms with Crippen LogP contribution in [-0.4, -0.2) is 31.6 Å². The molecule has 8 nitrogen and oxygen atoms in total. The minimum absolute atomic E-state index is 1.05. The number of nitrogens with zero attached hydrogens (tertiary/aromatic N) is 1. The van der Waals surface area contributed by atoms with Gasteiger partial charge in [-0.2, -0.15) is 0 Å². The van der Waals surface area contributed by atoms with Gasteiger partial charge in [-0.25, -0.2) is 0 Å². The highest BCUT2D eigenvalue weighted by atomic mass is 31.1. The van der Waals surface area contributed by atoms with Gasteiger partial charge in [-0.15, -0.1) is 19.6 Å². The van der Waals surface area contributed by atoms with E-state index in [0.717, 1.165) is 5.69 Å². The van der Waals surface area contributed by atoms with E-state index < -0.39 is 16.5 Å². The van der Waals surface area contributed by atoms with Crippen molar-refractivity contribution in [2.75, 3.05) is 12.4 Å². The van der Waals surface area contributed by atoms with Crippen molar-refractivity contribution in [2.45, 2.75) is 0 Å². The molecule has 1 aromatic heterocycles. The van der Waals surface area contributed by atoms with E-state index in [1.807, 2.05) is 19.2 Å². The van der Waals surface area contributed by atoms with E-state index in [2.05, 4.69) is 10.3 Å². The monoisotopic (exact) mass is 270 g/mol. The van der Waals surface area contributed by atoms with Gasteiger partial charge in [-0.05, 0) is 12.1 Å². The third kappa shape index (κ3) is 23.1. The molecule has 0 radical (unpaired) electrons. The van der Waals surface area contributed by atoms with Gasteiger partial charge in [0.25, 0.3) is 0 Å². The molecule has 0 fully saturated rings. The Hall–Kier alpha value is -1.01. The van der Waals surface area contributed by atoms with Gasteiger partial charge in [0.15, 0.2) is 0 Å². The van der Waals surface area contributed by atoms with Crippen LogP contribution in [0.25, 0.3) is 0 Å². The molecule has 0 aliphatic carbocycles. The molecule has 1 heterocycles. The first-order chi connectivity index (χ1) is 7.40. The summed E-state index contributed by atoms with van der Waals surface area (Å²) >= 11 is 0. The van der Waals surface area contributed by atoms with Crippen LogP contribution in [0.4, 0.5) is 5.69 Å². The largest absolute Gasteiger partial charge is 0.692 e. The molecule has 0 aliphatic rings. The lowest BCUT2D eigenvalue weighted by Gasteiger charge is -1.93. The number of anilines is 1. The summed E-state index contributed by atoms with van der Waals surface area (Å²) in [6.07, 6.45) is 3.53. The zero-order chi connectivity index (χ0) is 13.0. The quantitative estimate of drug-likeness (QED) is 0.461. The average Bonchev–Trinajstić information content (AvgIpc) is 2.17. The molecule has 0 aliphatic heterocycles. The summed E-state index contributed by atoms with van der Waals surface area (Å²) in [4.78, 5) is 32.4. The molecule has 0 bridgehead atoms. The zero-order valence-corrected chi connectivity index (χ0v) is 10.0. The van der Waals surface area contributed by atoms with Crippen molar-refractivity contribution in [3.63, 3.8) is 0 Å². The van der Waals surface area contributed by atoms with Crippen molar-refractivity contribution in [2.24, 2.45) is 0 Å². The first-order valence-corrected chi connectivity index (χ1v) is 6.01. The van der Waals surface area contributed by atoms with Crippen LogP contribution in [0.1, 0.15) is 0 Å². The van der Waals surface area contributed by atoms with E-state index in [1.54, 1.807) is 12.4 Å². The lowest BCUT2D eigenvalue weighted by Crippen LogP contribution is -1.86. The molecule has 0 unspecified atom stereocenters. The topological polar surface area (TPSA) is 140 Å². The maximum Gasteiger partial charge on any atom is 0.692 e. The van der Waals surface area contributed by atoms with Crippen molar-refractivity contribution in [1.82, 2.24) is 4.98 Å². The van der Waals surface area contributed by atoms with Crippen molar-refractivity contribution < 1.29 is 28.7 Å². The maximum atomic E-state index is 8.70. The van der Waals surface area contributed by atoms with E-state index >= 15 is 0 Å². The normalized spacial score (nSPS) is 7.56. The summed E-state index contributed by atoms with van der Waals surface area (Å²) in [6.45, 7) is 0. The SMILES string of the molecule is CNc1cccnc1.O=[P+](O)O.O=[P+](O)O. The predicted octanol–water partition coefficient (Wildman–Crippen LogP) is 0.380. The molecule has 90 valence electrons. The summed E-state index contributed by atoms with van der Waals surface area (Å²) in [5.74, 6) is 0. The number of aromatic nitrogens is 1. The third-order valence-electron chi connectivity index (χ3n) is 0.950. The lowest BCUT2D eigenvalue weighted by atomic mass is 10.4. The summed E-state index contributed by atoms with van der Waals surface area (Å²) in [5, 5.41) is 2.96. The van der Waals surface area contributed by atoms with Crippen LogP contribution in [0.5, 0.6) is 0 Å². The Labute approximate surface area is 93.5 Å². The smallest absolute Gasteiger partial charge is 0.387 e. The van der Waals surface area contributed by atoms with E-state index in [-0.39, 0.29) is 0 Å². The van der Waals surface area contributed by atoms with Crippen LogP contribution in [-0.2, 0) is 9.13 Å². The lowest BCUT2D eigenvalue weighted by molar-refractivity contribution is 0.403. The highest BCUT2D eigenvalue weighted by molar-refractivity contribution is 7.31. The van der Waals surface area contributed by atoms with Crippen LogP contribution in [0.2, 0.25) is 0 Å². The van der Waals surface area contributed by atoms with Gasteiger partial charge in [-0.3, -0.25) is 4.98 Å². The van der Waals surface area contributed by atoms with Crippen LogP contribution in [0.15, 0.2) is 24.5 Å². The van der Waals surface area contributed by atoms with Gasteiger partial charge in [0.1, 0.15) is 0 Å². The molecule has 5 N–H and O–H groups in total. The van der Waals surface area contributed by atoms with Crippen molar-refractivity contribution in [1.29, 1.82) is 0 Å². The Kier molecular flexibility index (Phi) is 13.1. The molecule has 0 spiro atoms. The van der Waals surface area contributed by atoms with Crippen molar-refractivity contribution in [3.05, 3.63) is 24.5 Å². The molecule has 10 heteroatoms. The van der Waals surface area contributed by atoms with Crippen LogP contribution < -0.4 is 5.32 Å². The van der Waals surface area contributed by atoms with Gasteiger partial charge in [0, 0.05) is 28.6 Å². The molecule has 16 heavy (non-hydrogen) atoms. The van der Waals surface area contributed by atoms with Gasteiger partial charge >= 0.3 is 16.5 Å². The first-order valence-electron chi connectivity index (χ1n) is 3.68. The van der Waals surface area contributed by atoms with Crippen LogP contribution in [0, 0.1) is 0 Å². The summed E-state index contributed by atoms with van der Waals surface area (Å²) < 4.78 is 17.4. The zero-order valence-electron chi connectivity index (χ0n) is 8.26. The second-order valence-electron chi connectivity index (χ2n) is 2.00. The van der Waals surface area contributed by atoms with Gasteiger partial charge < -0.3 is 5.32 Å². The highest BCUT2D eigenvalue weighted by Crippen LogP contribution is 1.99. The predicted molar refractivity (Wildman–Crippen MR) is 57.9 cm³/mol.